The smallest absolute Gasteiger partial charge is 0.0434 e. The minimum Gasteiger partial charge on any atom is -0.340 e. The zero-order valence-electron chi connectivity index (χ0n) is 24.7. The maximum Gasteiger partial charge on any atom is 0.0434 e. The predicted molar refractivity (Wildman–Crippen MR) is 174 cm³/mol. The molecule has 0 saturated heterocycles. The minimum absolute atomic E-state index is 0.639. The Kier molecular flexibility index (Phi) is 9.41. The first kappa shape index (κ1) is 28.3. The molecule has 2 bridgehead atoms. The van der Waals surface area contributed by atoms with Crippen molar-refractivity contribution in [3.8, 4) is 0 Å². The summed E-state index contributed by atoms with van der Waals surface area (Å²) in [5.41, 5.74) is 4.49. The standard InChI is InChI=1S/C36H54NPS/c1-28-16-9-5-6-12-21-34(24-28)38(39)36-23-14-8-7-13-22-35(36)30-17-10-3-2-4-11-19-32(26-30)37(38)33-20-15-18-29-25-31(29)27-33/h2-4,10-11,17,19,26,28-29,31,33-36H,5-9,12-16,18,20-25,27H2,1H3. The third-order valence-corrected chi connectivity index (χ3v) is 17.9. The average molecular weight is 564 g/mol. The molecule has 0 spiro atoms. The summed E-state index contributed by atoms with van der Waals surface area (Å²) < 4.78 is 3.09. The van der Waals surface area contributed by atoms with E-state index in [1.807, 2.05) is 0 Å². The third-order valence-electron chi connectivity index (χ3n) is 11.3. The molecular formula is C36H54NPS. The summed E-state index contributed by atoms with van der Waals surface area (Å²) >= 11 is 7.54. The molecule has 8 unspecified atom stereocenters. The van der Waals surface area contributed by atoms with Gasteiger partial charge in [-0.2, -0.15) is 0 Å². The first-order valence-corrected chi connectivity index (χ1v) is 19.9. The van der Waals surface area contributed by atoms with E-state index >= 15 is 0 Å². The Morgan fingerprint density at radius 3 is 2.23 bits per heavy atom. The maximum absolute atomic E-state index is 7.54. The van der Waals surface area contributed by atoms with Crippen LogP contribution in [-0.4, -0.2) is 17.4 Å². The minimum atomic E-state index is -1.90. The number of anilines is 1. The Labute approximate surface area is 245 Å². The van der Waals surface area contributed by atoms with Gasteiger partial charge >= 0.3 is 0 Å². The zero-order valence-corrected chi connectivity index (χ0v) is 26.4. The molecule has 3 heteroatoms. The highest BCUT2D eigenvalue weighted by molar-refractivity contribution is 8.16. The van der Waals surface area contributed by atoms with Gasteiger partial charge in [0, 0.05) is 29.2 Å². The van der Waals surface area contributed by atoms with Crippen molar-refractivity contribution < 1.29 is 0 Å². The first-order valence-electron chi connectivity index (χ1n) is 17.0. The van der Waals surface area contributed by atoms with Gasteiger partial charge < -0.3 is 4.67 Å². The number of nitrogens with zero attached hydrogens (tertiary/aromatic N) is 1. The van der Waals surface area contributed by atoms with E-state index in [9.17, 15) is 0 Å². The number of fused-ring (bicyclic) bond motifs is 5. The number of hydrogen-bond donors (Lipinski definition) is 0. The second-order valence-electron chi connectivity index (χ2n) is 14.1. The van der Waals surface area contributed by atoms with Crippen LogP contribution in [0.4, 0.5) is 5.69 Å². The quantitative estimate of drug-likeness (QED) is 0.329. The highest BCUT2D eigenvalue weighted by atomic mass is 32.4. The van der Waals surface area contributed by atoms with E-state index in [1.54, 1.807) is 5.56 Å². The van der Waals surface area contributed by atoms with Crippen molar-refractivity contribution in [3.05, 3.63) is 54.1 Å². The van der Waals surface area contributed by atoms with Crippen molar-refractivity contribution >= 4 is 23.7 Å². The van der Waals surface area contributed by atoms with Crippen molar-refractivity contribution in [2.24, 2.45) is 17.8 Å². The normalized spacial score (nSPS) is 39.0. The van der Waals surface area contributed by atoms with Crippen LogP contribution in [-0.2, 0) is 11.8 Å². The van der Waals surface area contributed by atoms with Gasteiger partial charge in [-0.15, -0.1) is 0 Å². The van der Waals surface area contributed by atoms with Crippen LogP contribution < -0.4 is 4.67 Å². The van der Waals surface area contributed by atoms with Crippen LogP contribution in [0.15, 0.2) is 48.5 Å². The molecule has 4 fully saturated rings. The van der Waals surface area contributed by atoms with Gasteiger partial charge in [-0.3, -0.25) is 0 Å². The van der Waals surface area contributed by atoms with Gasteiger partial charge in [0.2, 0.25) is 0 Å². The van der Waals surface area contributed by atoms with Crippen LogP contribution in [0.2, 0.25) is 0 Å². The molecular weight excluding hydrogens is 509 g/mol. The van der Waals surface area contributed by atoms with Crippen molar-refractivity contribution in [1.29, 1.82) is 0 Å². The molecule has 8 atom stereocenters. The number of hydrogen-bond acceptors (Lipinski definition) is 1. The summed E-state index contributed by atoms with van der Waals surface area (Å²) in [6.45, 7) is 2.57. The first-order chi connectivity index (χ1) is 19.1. The SMILES string of the molecule is CC1CCCCCCC(P2(=S)C3CCCCCCC3c3cccccccc(c3)N2C2CCCC3CC3C2)C1. The van der Waals surface area contributed by atoms with Gasteiger partial charge in [-0.05, 0) is 86.3 Å². The molecule has 5 aliphatic rings. The van der Waals surface area contributed by atoms with Gasteiger partial charge in [0.1, 0.15) is 0 Å². The highest BCUT2D eigenvalue weighted by Gasteiger charge is 2.50. The molecule has 1 aromatic carbocycles. The lowest BCUT2D eigenvalue weighted by molar-refractivity contribution is 0.443. The maximum atomic E-state index is 7.54. The summed E-state index contributed by atoms with van der Waals surface area (Å²) in [7, 11) is 0. The second-order valence-corrected chi connectivity index (χ2v) is 19.0. The molecule has 0 aromatic heterocycles. The Morgan fingerprint density at radius 1 is 0.667 bits per heavy atom. The fourth-order valence-corrected chi connectivity index (χ4v) is 16.3. The van der Waals surface area contributed by atoms with Crippen LogP contribution in [0.5, 0.6) is 0 Å². The average Bonchev–Trinajstić information content (AvgIpc) is 3.66. The molecule has 1 nitrogen and oxygen atoms in total. The van der Waals surface area contributed by atoms with E-state index in [0.29, 0.717) is 17.6 Å². The van der Waals surface area contributed by atoms with E-state index in [4.69, 9.17) is 11.8 Å². The summed E-state index contributed by atoms with van der Waals surface area (Å²) in [5, 5.41) is 0. The summed E-state index contributed by atoms with van der Waals surface area (Å²) in [5.74, 6) is 3.45. The molecule has 1 heterocycles. The van der Waals surface area contributed by atoms with Crippen LogP contribution in [0.1, 0.15) is 134 Å². The summed E-state index contributed by atoms with van der Waals surface area (Å²) in [4.78, 5) is 0. The third kappa shape index (κ3) is 6.33. The van der Waals surface area contributed by atoms with Crippen LogP contribution in [0.3, 0.4) is 0 Å². The van der Waals surface area contributed by atoms with E-state index in [2.05, 4.69) is 60.1 Å². The molecule has 4 aliphatic carbocycles. The van der Waals surface area contributed by atoms with Gasteiger partial charge in [-0.1, -0.05) is 126 Å². The second kappa shape index (κ2) is 13.0. The lowest BCUT2D eigenvalue weighted by atomic mass is 9.86. The van der Waals surface area contributed by atoms with Crippen molar-refractivity contribution in [3.63, 3.8) is 0 Å². The van der Waals surface area contributed by atoms with Gasteiger partial charge in [-0.25, -0.2) is 0 Å². The monoisotopic (exact) mass is 563 g/mol. The highest BCUT2D eigenvalue weighted by Crippen LogP contribution is 2.71. The lowest BCUT2D eigenvalue weighted by Crippen LogP contribution is -2.41. The zero-order chi connectivity index (χ0) is 26.7. The van der Waals surface area contributed by atoms with Crippen molar-refractivity contribution in [2.45, 2.75) is 146 Å². The van der Waals surface area contributed by atoms with Crippen molar-refractivity contribution in [1.82, 2.24) is 0 Å². The topological polar surface area (TPSA) is 3.24 Å². The fraction of sp³-hybridized carbons (Fsp3) is 0.722. The summed E-state index contributed by atoms with van der Waals surface area (Å²) in [6.07, 6.45) is 23.4. The molecule has 0 amide bonds. The fourth-order valence-electron chi connectivity index (χ4n) is 9.22. The molecule has 214 valence electrons. The van der Waals surface area contributed by atoms with E-state index < -0.39 is 6.19 Å². The van der Waals surface area contributed by atoms with E-state index in [0.717, 1.165) is 23.4 Å². The molecule has 1 aliphatic heterocycles. The molecule has 1 aromatic rings. The Morgan fingerprint density at radius 2 is 1.38 bits per heavy atom. The Bertz CT molecular complexity index is 1070. The molecule has 39 heavy (non-hydrogen) atoms. The molecule has 6 rings (SSSR count). The Balaban J connectivity index is 1.55. The Hall–Kier alpha value is -0.850. The molecule has 4 saturated carbocycles. The number of rotatable bonds is 2. The van der Waals surface area contributed by atoms with Crippen molar-refractivity contribution in [2.75, 3.05) is 4.67 Å². The van der Waals surface area contributed by atoms with Crippen LogP contribution in [0, 0.1) is 17.8 Å². The molecule has 0 radical (unpaired) electrons. The van der Waals surface area contributed by atoms with Crippen LogP contribution >= 0.6 is 6.19 Å². The van der Waals surface area contributed by atoms with E-state index in [-0.39, 0.29) is 0 Å². The largest absolute Gasteiger partial charge is 0.340 e. The molecule has 0 N–H and O–H groups in total. The van der Waals surface area contributed by atoms with E-state index in [1.165, 1.54) is 121 Å². The van der Waals surface area contributed by atoms with Gasteiger partial charge in [0.25, 0.3) is 0 Å². The lowest BCUT2D eigenvalue weighted by Gasteiger charge is -2.51. The summed E-state index contributed by atoms with van der Waals surface area (Å²) in [6, 6.07) is 19.6. The predicted octanol–water partition coefficient (Wildman–Crippen LogP) is 11.2. The van der Waals surface area contributed by atoms with Gasteiger partial charge in [0.15, 0.2) is 0 Å². The van der Waals surface area contributed by atoms with Crippen LogP contribution in [0.25, 0.3) is 0 Å². The van der Waals surface area contributed by atoms with Gasteiger partial charge in [0.05, 0.1) is 0 Å².